The van der Waals surface area contributed by atoms with Gasteiger partial charge >= 0.3 is 0 Å². The molecule has 1 aromatic carbocycles. The summed E-state index contributed by atoms with van der Waals surface area (Å²) in [7, 11) is 0. The number of hydrogen-bond acceptors (Lipinski definition) is 4. The zero-order chi connectivity index (χ0) is 13.7. The predicted molar refractivity (Wildman–Crippen MR) is 74.3 cm³/mol. The third-order valence-corrected chi connectivity index (χ3v) is 2.74. The fraction of sp³-hybridized carbons (Fsp3) is 0.200. The van der Waals surface area contributed by atoms with Gasteiger partial charge in [0.05, 0.1) is 6.61 Å². The van der Waals surface area contributed by atoms with Crippen LogP contribution in [0.25, 0.3) is 0 Å². The second kappa shape index (κ2) is 6.00. The van der Waals surface area contributed by atoms with Gasteiger partial charge in [-0.1, -0.05) is 18.2 Å². The Morgan fingerprint density at radius 2 is 2.16 bits per heavy atom. The first-order valence-electron chi connectivity index (χ1n) is 6.16. The molecule has 0 bridgehead atoms. The highest BCUT2D eigenvalue weighted by Gasteiger charge is 2.10. The number of hydrogen-bond donors (Lipinski definition) is 1. The van der Waals surface area contributed by atoms with E-state index in [2.05, 4.69) is 4.98 Å². The van der Waals surface area contributed by atoms with E-state index in [0.717, 1.165) is 5.56 Å². The molecule has 0 unspecified atom stereocenters. The van der Waals surface area contributed by atoms with Gasteiger partial charge in [-0.15, -0.1) is 0 Å². The van der Waals surface area contributed by atoms with E-state index in [-0.39, 0.29) is 12.2 Å². The largest absolute Gasteiger partial charge is 0.494 e. The van der Waals surface area contributed by atoms with E-state index in [1.807, 2.05) is 25.1 Å². The van der Waals surface area contributed by atoms with Crippen LogP contribution in [-0.4, -0.2) is 17.4 Å². The molecule has 0 aliphatic heterocycles. The Balaban J connectivity index is 2.16. The van der Waals surface area contributed by atoms with Gasteiger partial charge in [-0.05, 0) is 25.1 Å². The van der Waals surface area contributed by atoms with Gasteiger partial charge in [0.25, 0.3) is 0 Å². The van der Waals surface area contributed by atoms with Gasteiger partial charge in [-0.25, -0.2) is 4.98 Å². The Kier molecular flexibility index (Phi) is 4.13. The number of Topliss-reactive ketones (excluding diaryl/α,β-unsaturated/α-hetero) is 1. The molecule has 0 saturated carbocycles. The Hall–Kier alpha value is -2.36. The lowest BCUT2D eigenvalue weighted by atomic mass is 10.0. The molecule has 2 rings (SSSR count). The quantitative estimate of drug-likeness (QED) is 0.835. The zero-order valence-electron chi connectivity index (χ0n) is 10.8. The summed E-state index contributed by atoms with van der Waals surface area (Å²) in [6, 6.07) is 10.8. The number of nitrogens with zero attached hydrogens (tertiary/aromatic N) is 1. The van der Waals surface area contributed by atoms with Crippen molar-refractivity contribution in [1.82, 2.24) is 4.98 Å². The number of nitrogen functional groups attached to an aromatic ring is 1. The number of aromatic nitrogens is 1. The van der Waals surface area contributed by atoms with Gasteiger partial charge < -0.3 is 10.5 Å². The van der Waals surface area contributed by atoms with E-state index >= 15 is 0 Å². The number of nitrogens with two attached hydrogens (primary N) is 1. The fourth-order valence-electron chi connectivity index (χ4n) is 1.80. The van der Waals surface area contributed by atoms with Crippen LogP contribution in [0.5, 0.6) is 5.75 Å². The van der Waals surface area contributed by atoms with Crippen molar-refractivity contribution < 1.29 is 9.53 Å². The van der Waals surface area contributed by atoms with Gasteiger partial charge in [0, 0.05) is 23.7 Å². The summed E-state index contributed by atoms with van der Waals surface area (Å²) < 4.78 is 5.38. The molecule has 0 aliphatic rings. The number of carbonyl (C=O) groups excluding carboxylic acids is 1. The van der Waals surface area contributed by atoms with E-state index in [1.54, 1.807) is 24.4 Å². The third-order valence-electron chi connectivity index (χ3n) is 2.74. The SMILES string of the molecule is CCOc1cccc(C(=O)Cc2cccnc2N)c1. The van der Waals surface area contributed by atoms with E-state index in [1.165, 1.54) is 0 Å². The lowest BCUT2D eigenvalue weighted by Gasteiger charge is -2.06. The van der Waals surface area contributed by atoms with Crippen LogP contribution < -0.4 is 10.5 Å². The lowest BCUT2D eigenvalue weighted by Crippen LogP contribution is -2.07. The summed E-state index contributed by atoms with van der Waals surface area (Å²) in [5.74, 6) is 1.10. The maximum absolute atomic E-state index is 12.2. The molecule has 4 heteroatoms. The van der Waals surface area contributed by atoms with E-state index in [4.69, 9.17) is 10.5 Å². The molecule has 0 fully saturated rings. The Morgan fingerprint density at radius 1 is 1.32 bits per heavy atom. The average molecular weight is 256 g/mol. The molecule has 98 valence electrons. The number of rotatable bonds is 5. The van der Waals surface area contributed by atoms with Crippen molar-refractivity contribution in [3.05, 3.63) is 53.7 Å². The van der Waals surface area contributed by atoms with Crippen molar-refractivity contribution in [2.24, 2.45) is 0 Å². The highest BCUT2D eigenvalue weighted by Crippen LogP contribution is 2.16. The second-order valence-electron chi connectivity index (χ2n) is 4.11. The van der Waals surface area contributed by atoms with Gasteiger partial charge in [0.1, 0.15) is 11.6 Å². The molecule has 0 saturated heterocycles. The molecule has 0 amide bonds. The molecular formula is C15H16N2O2. The molecule has 1 heterocycles. The first kappa shape index (κ1) is 13.1. The third kappa shape index (κ3) is 3.31. The molecule has 1 aromatic heterocycles. The first-order valence-corrected chi connectivity index (χ1v) is 6.16. The van der Waals surface area contributed by atoms with Crippen LogP contribution in [-0.2, 0) is 6.42 Å². The maximum Gasteiger partial charge on any atom is 0.167 e. The summed E-state index contributed by atoms with van der Waals surface area (Å²) in [6.07, 6.45) is 1.86. The number of anilines is 1. The van der Waals surface area contributed by atoms with Crippen molar-refractivity contribution in [2.75, 3.05) is 12.3 Å². The molecule has 0 spiro atoms. The molecule has 0 aliphatic carbocycles. The number of carbonyl (C=O) groups is 1. The van der Waals surface area contributed by atoms with E-state index in [9.17, 15) is 4.79 Å². The molecule has 0 radical (unpaired) electrons. The number of ketones is 1. The highest BCUT2D eigenvalue weighted by molar-refractivity contribution is 5.98. The van der Waals surface area contributed by atoms with Gasteiger partial charge in [0.2, 0.25) is 0 Å². The number of ether oxygens (including phenoxy) is 1. The van der Waals surface area contributed by atoms with Crippen molar-refractivity contribution in [3.63, 3.8) is 0 Å². The standard InChI is InChI=1S/C15H16N2O2/c1-2-19-13-7-3-5-11(9-13)14(18)10-12-6-4-8-17-15(12)16/h3-9H,2,10H2,1H3,(H2,16,17). The van der Waals surface area contributed by atoms with Crippen LogP contribution in [0.15, 0.2) is 42.6 Å². The van der Waals surface area contributed by atoms with Crippen LogP contribution in [0.3, 0.4) is 0 Å². The Labute approximate surface area is 112 Å². The van der Waals surface area contributed by atoms with Crippen molar-refractivity contribution in [1.29, 1.82) is 0 Å². The molecule has 0 atom stereocenters. The molecule has 2 aromatic rings. The maximum atomic E-state index is 12.2. The van der Waals surface area contributed by atoms with Gasteiger partial charge in [0.15, 0.2) is 5.78 Å². The van der Waals surface area contributed by atoms with Crippen molar-refractivity contribution >= 4 is 11.6 Å². The minimum Gasteiger partial charge on any atom is -0.494 e. The van der Waals surface area contributed by atoms with Crippen molar-refractivity contribution in [2.45, 2.75) is 13.3 Å². The van der Waals surface area contributed by atoms with Crippen LogP contribution >= 0.6 is 0 Å². The summed E-state index contributed by atoms with van der Waals surface area (Å²) in [6.45, 7) is 2.48. The van der Waals surface area contributed by atoms with Crippen LogP contribution in [0.2, 0.25) is 0 Å². The minimum absolute atomic E-state index is 0.00116. The predicted octanol–water partition coefficient (Wildman–Crippen LogP) is 2.49. The highest BCUT2D eigenvalue weighted by atomic mass is 16.5. The lowest BCUT2D eigenvalue weighted by molar-refractivity contribution is 0.0992. The van der Waals surface area contributed by atoms with Crippen LogP contribution in [0, 0.1) is 0 Å². The van der Waals surface area contributed by atoms with E-state index < -0.39 is 0 Å². The Bertz CT molecular complexity index is 582. The van der Waals surface area contributed by atoms with Crippen LogP contribution in [0.4, 0.5) is 5.82 Å². The zero-order valence-corrected chi connectivity index (χ0v) is 10.8. The summed E-state index contributed by atoms with van der Waals surface area (Å²) in [5.41, 5.74) is 7.10. The number of benzene rings is 1. The average Bonchev–Trinajstić information content (AvgIpc) is 2.42. The fourth-order valence-corrected chi connectivity index (χ4v) is 1.80. The first-order chi connectivity index (χ1) is 9.20. The van der Waals surface area contributed by atoms with Crippen molar-refractivity contribution in [3.8, 4) is 5.75 Å². The molecule has 19 heavy (non-hydrogen) atoms. The summed E-state index contributed by atoms with van der Waals surface area (Å²) in [4.78, 5) is 16.2. The molecule has 2 N–H and O–H groups in total. The van der Waals surface area contributed by atoms with Gasteiger partial charge in [-0.2, -0.15) is 0 Å². The summed E-state index contributed by atoms with van der Waals surface area (Å²) >= 11 is 0. The van der Waals surface area contributed by atoms with Crippen LogP contribution in [0.1, 0.15) is 22.8 Å². The number of pyridine rings is 1. The van der Waals surface area contributed by atoms with Gasteiger partial charge in [-0.3, -0.25) is 4.79 Å². The molecule has 4 nitrogen and oxygen atoms in total. The second-order valence-corrected chi connectivity index (χ2v) is 4.11. The molecular weight excluding hydrogens is 240 g/mol. The summed E-state index contributed by atoms with van der Waals surface area (Å²) in [5, 5.41) is 0. The monoisotopic (exact) mass is 256 g/mol. The minimum atomic E-state index is 0.00116. The van der Waals surface area contributed by atoms with E-state index in [0.29, 0.717) is 23.7 Å². The smallest absolute Gasteiger partial charge is 0.167 e. The topological polar surface area (TPSA) is 65.2 Å². The normalized spacial score (nSPS) is 10.2. The Morgan fingerprint density at radius 3 is 2.89 bits per heavy atom.